The van der Waals surface area contributed by atoms with E-state index < -0.39 is 10.0 Å². The Hall–Kier alpha value is -0.990. The molecule has 0 saturated heterocycles. The summed E-state index contributed by atoms with van der Waals surface area (Å²) >= 11 is 8.12. The lowest BCUT2D eigenvalue weighted by molar-refractivity contribution is 0.601. The molecule has 0 aromatic heterocycles. The normalized spacial score (nSPS) is 11.3. The number of anilines is 2. The lowest BCUT2D eigenvalue weighted by Crippen LogP contribution is -2.15. The molecule has 0 aliphatic carbocycles. The van der Waals surface area contributed by atoms with Gasteiger partial charge in [0.05, 0.1) is 16.4 Å². The SMILES string of the molecule is Cc1ccc(S(=O)(=O)Nc2ccc(I)cc2Cl)c(N)c1. The van der Waals surface area contributed by atoms with Gasteiger partial charge in [-0.1, -0.05) is 17.7 Å². The van der Waals surface area contributed by atoms with Crippen molar-refractivity contribution in [2.45, 2.75) is 11.8 Å². The minimum absolute atomic E-state index is 0.0396. The predicted molar refractivity (Wildman–Crippen MR) is 90.6 cm³/mol. The van der Waals surface area contributed by atoms with Crippen molar-refractivity contribution in [1.29, 1.82) is 0 Å². The topological polar surface area (TPSA) is 72.2 Å². The van der Waals surface area contributed by atoms with E-state index in [1.165, 1.54) is 6.07 Å². The maximum absolute atomic E-state index is 12.3. The van der Waals surface area contributed by atoms with Crippen molar-refractivity contribution in [2.24, 2.45) is 0 Å². The fourth-order valence-electron chi connectivity index (χ4n) is 1.68. The molecule has 0 aliphatic heterocycles. The average Bonchev–Trinajstić information content (AvgIpc) is 2.32. The van der Waals surface area contributed by atoms with Gasteiger partial charge in [0.25, 0.3) is 10.0 Å². The summed E-state index contributed by atoms with van der Waals surface area (Å²) in [6.45, 7) is 1.84. The van der Waals surface area contributed by atoms with Crippen molar-refractivity contribution < 1.29 is 8.42 Å². The Balaban J connectivity index is 2.41. The molecular formula is C13H12ClIN2O2S. The molecule has 0 fully saturated rings. The molecular weight excluding hydrogens is 411 g/mol. The van der Waals surface area contributed by atoms with E-state index in [9.17, 15) is 8.42 Å². The zero-order valence-corrected chi connectivity index (χ0v) is 14.3. The smallest absolute Gasteiger partial charge is 0.263 e. The molecule has 0 radical (unpaired) electrons. The van der Waals surface area contributed by atoms with Gasteiger partial charge in [-0.15, -0.1) is 0 Å². The summed E-state index contributed by atoms with van der Waals surface area (Å²) in [5, 5.41) is 0.339. The van der Waals surface area contributed by atoms with Gasteiger partial charge < -0.3 is 5.73 Å². The van der Waals surface area contributed by atoms with E-state index in [0.717, 1.165) is 9.13 Å². The standard InChI is InChI=1S/C13H12ClIN2O2S/c1-8-2-5-13(11(16)6-8)20(18,19)17-12-4-3-9(15)7-10(12)14/h2-7,17H,16H2,1H3. The van der Waals surface area contributed by atoms with Crippen molar-refractivity contribution >= 4 is 55.6 Å². The number of nitrogens with two attached hydrogens (primary N) is 1. The molecule has 0 spiro atoms. The van der Waals surface area contributed by atoms with Crippen LogP contribution in [-0.4, -0.2) is 8.42 Å². The second kappa shape index (κ2) is 5.79. The highest BCUT2D eigenvalue weighted by atomic mass is 127. The molecule has 0 unspecified atom stereocenters. The summed E-state index contributed by atoms with van der Waals surface area (Å²) < 4.78 is 28.0. The molecule has 7 heteroatoms. The first kappa shape index (κ1) is 15.4. The third-order valence-corrected chi connectivity index (χ3v) is 5.05. The van der Waals surface area contributed by atoms with Gasteiger partial charge in [-0.2, -0.15) is 0 Å². The van der Waals surface area contributed by atoms with Gasteiger partial charge in [0.1, 0.15) is 4.90 Å². The predicted octanol–water partition coefficient (Wildman–Crippen LogP) is 3.64. The maximum Gasteiger partial charge on any atom is 0.263 e. The van der Waals surface area contributed by atoms with E-state index in [-0.39, 0.29) is 10.6 Å². The highest BCUT2D eigenvalue weighted by Gasteiger charge is 2.18. The van der Waals surface area contributed by atoms with Crippen LogP contribution in [0.2, 0.25) is 5.02 Å². The Morgan fingerprint density at radius 2 is 1.90 bits per heavy atom. The van der Waals surface area contributed by atoms with E-state index in [1.54, 1.807) is 30.3 Å². The Labute approximate surface area is 136 Å². The van der Waals surface area contributed by atoms with Crippen LogP contribution in [0, 0.1) is 10.5 Å². The van der Waals surface area contributed by atoms with E-state index in [2.05, 4.69) is 27.3 Å². The molecule has 3 N–H and O–H groups in total. The first-order valence-electron chi connectivity index (χ1n) is 5.63. The number of rotatable bonds is 3. The maximum atomic E-state index is 12.3. The molecule has 0 atom stereocenters. The summed E-state index contributed by atoms with van der Waals surface area (Å²) in [4.78, 5) is 0.0396. The average molecular weight is 423 g/mol. The highest BCUT2D eigenvalue weighted by Crippen LogP contribution is 2.28. The first-order valence-corrected chi connectivity index (χ1v) is 8.57. The van der Waals surface area contributed by atoms with Crippen molar-refractivity contribution in [1.82, 2.24) is 0 Å². The third-order valence-electron chi connectivity index (χ3n) is 2.63. The van der Waals surface area contributed by atoms with Crippen LogP contribution in [0.3, 0.4) is 0 Å². The Morgan fingerprint density at radius 3 is 2.50 bits per heavy atom. The minimum atomic E-state index is -3.76. The van der Waals surface area contributed by atoms with E-state index in [0.29, 0.717) is 10.7 Å². The molecule has 20 heavy (non-hydrogen) atoms. The molecule has 0 saturated carbocycles. The lowest BCUT2D eigenvalue weighted by atomic mass is 10.2. The monoisotopic (exact) mass is 422 g/mol. The van der Waals surface area contributed by atoms with Crippen LogP contribution in [0.25, 0.3) is 0 Å². The van der Waals surface area contributed by atoms with Crippen LogP contribution < -0.4 is 10.5 Å². The zero-order chi connectivity index (χ0) is 14.9. The number of aryl methyl sites for hydroxylation is 1. The van der Waals surface area contributed by atoms with Crippen LogP contribution in [0.1, 0.15) is 5.56 Å². The quantitative estimate of drug-likeness (QED) is 0.586. The second-order valence-corrected chi connectivity index (χ2v) is 7.57. The summed E-state index contributed by atoms with van der Waals surface area (Å²) in [5.74, 6) is 0. The molecule has 0 heterocycles. The van der Waals surface area contributed by atoms with Crippen molar-refractivity contribution in [3.8, 4) is 0 Å². The molecule has 2 aromatic rings. The van der Waals surface area contributed by atoms with E-state index >= 15 is 0 Å². The number of nitrogen functional groups attached to an aromatic ring is 1. The van der Waals surface area contributed by atoms with Crippen LogP contribution in [0.5, 0.6) is 0 Å². The summed E-state index contributed by atoms with van der Waals surface area (Å²) in [7, 11) is -3.76. The molecule has 0 bridgehead atoms. The highest BCUT2D eigenvalue weighted by molar-refractivity contribution is 14.1. The Kier molecular flexibility index (Phi) is 4.46. The second-order valence-electron chi connectivity index (χ2n) is 4.27. The largest absolute Gasteiger partial charge is 0.398 e. The fraction of sp³-hybridized carbons (Fsp3) is 0.0769. The lowest BCUT2D eigenvalue weighted by Gasteiger charge is -2.12. The molecule has 0 aliphatic rings. The molecule has 4 nitrogen and oxygen atoms in total. The van der Waals surface area contributed by atoms with Crippen LogP contribution >= 0.6 is 34.2 Å². The van der Waals surface area contributed by atoms with Crippen molar-refractivity contribution in [3.63, 3.8) is 0 Å². The Morgan fingerprint density at radius 1 is 1.20 bits per heavy atom. The number of hydrogen-bond donors (Lipinski definition) is 2. The van der Waals surface area contributed by atoms with Gasteiger partial charge in [0, 0.05) is 3.57 Å². The number of sulfonamides is 1. The van der Waals surface area contributed by atoms with Gasteiger partial charge in [-0.25, -0.2) is 8.42 Å². The Bertz CT molecular complexity index is 763. The van der Waals surface area contributed by atoms with Gasteiger partial charge >= 0.3 is 0 Å². The van der Waals surface area contributed by atoms with Crippen molar-refractivity contribution in [3.05, 3.63) is 50.6 Å². The minimum Gasteiger partial charge on any atom is -0.398 e. The van der Waals surface area contributed by atoms with Gasteiger partial charge in [0.2, 0.25) is 0 Å². The number of hydrogen-bond acceptors (Lipinski definition) is 3. The summed E-state index contributed by atoms with van der Waals surface area (Å²) in [6.07, 6.45) is 0. The third kappa shape index (κ3) is 3.36. The molecule has 106 valence electrons. The van der Waals surface area contributed by atoms with Crippen molar-refractivity contribution in [2.75, 3.05) is 10.5 Å². The van der Waals surface area contributed by atoms with E-state index in [1.807, 2.05) is 6.92 Å². The van der Waals surface area contributed by atoms with Crippen LogP contribution in [0.15, 0.2) is 41.3 Å². The summed E-state index contributed by atoms with van der Waals surface area (Å²) in [6, 6.07) is 9.85. The molecule has 0 amide bonds. The molecule has 2 aromatic carbocycles. The number of benzene rings is 2. The summed E-state index contributed by atoms with van der Waals surface area (Å²) in [5.41, 5.74) is 7.20. The van der Waals surface area contributed by atoms with E-state index in [4.69, 9.17) is 17.3 Å². The fourth-order valence-corrected chi connectivity index (χ4v) is 3.84. The zero-order valence-electron chi connectivity index (χ0n) is 10.5. The van der Waals surface area contributed by atoms with Crippen LogP contribution in [0.4, 0.5) is 11.4 Å². The van der Waals surface area contributed by atoms with Crippen LogP contribution in [-0.2, 0) is 10.0 Å². The van der Waals surface area contributed by atoms with Gasteiger partial charge in [-0.3, -0.25) is 4.72 Å². The first-order chi connectivity index (χ1) is 9.29. The number of nitrogens with one attached hydrogen (secondary N) is 1. The molecule has 2 rings (SSSR count). The van der Waals surface area contributed by atoms with Gasteiger partial charge in [-0.05, 0) is 65.4 Å². The number of halogens is 2. The van der Waals surface area contributed by atoms with Gasteiger partial charge in [0.15, 0.2) is 0 Å².